The number of hydrogen-bond acceptors (Lipinski definition) is 4. The molecule has 0 amide bonds. The Morgan fingerprint density at radius 3 is 3.00 bits per heavy atom. The molecular weight excluding hydrogens is 218 g/mol. The van der Waals surface area contributed by atoms with Crippen LogP contribution in [0.1, 0.15) is 24.8 Å². The third kappa shape index (κ3) is 2.61. The van der Waals surface area contributed by atoms with Crippen LogP contribution in [0.5, 0.6) is 0 Å². The van der Waals surface area contributed by atoms with Crippen molar-refractivity contribution in [2.45, 2.75) is 32.2 Å². The quantitative estimate of drug-likeness (QED) is 0.495. The van der Waals surface area contributed by atoms with Gasteiger partial charge in [0.05, 0.1) is 4.92 Å². The minimum Gasteiger partial charge on any atom is -0.361 e. The van der Waals surface area contributed by atoms with Crippen molar-refractivity contribution in [3.8, 4) is 0 Å². The highest BCUT2D eigenvalue weighted by molar-refractivity contribution is 5.60. The largest absolute Gasteiger partial charge is 0.361 e. The zero-order chi connectivity index (χ0) is 12.3. The first kappa shape index (κ1) is 11.6. The van der Waals surface area contributed by atoms with Crippen molar-refractivity contribution in [2.24, 2.45) is 0 Å². The molecule has 2 rings (SSSR count). The lowest BCUT2D eigenvalue weighted by molar-refractivity contribution is -0.384. The van der Waals surface area contributed by atoms with E-state index in [9.17, 15) is 10.1 Å². The lowest BCUT2D eigenvalue weighted by atomic mass is 10.0. The van der Waals surface area contributed by atoms with Crippen molar-refractivity contribution in [3.05, 3.63) is 40.1 Å². The van der Waals surface area contributed by atoms with Crippen LogP contribution >= 0.6 is 0 Å². The van der Waals surface area contributed by atoms with Gasteiger partial charge >= 0.3 is 5.69 Å². The molecule has 5 heteroatoms. The molecule has 1 aromatic heterocycles. The summed E-state index contributed by atoms with van der Waals surface area (Å²) in [5.41, 5.74) is 0.723. The Hall–Kier alpha value is -1.91. The lowest BCUT2D eigenvalue weighted by Crippen LogP contribution is -2.21. The van der Waals surface area contributed by atoms with E-state index in [1.54, 1.807) is 19.2 Å². The second-order valence-corrected chi connectivity index (χ2v) is 4.21. The van der Waals surface area contributed by atoms with Crippen molar-refractivity contribution >= 4 is 11.5 Å². The predicted octanol–water partition coefficient (Wildman–Crippen LogP) is 2.82. The summed E-state index contributed by atoms with van der Waals surface area (Å²) in [4.78, 5) is 14.7. The van der Waals surface area contributed by atoms with E-state index < -0.39 is 0 Å². The highest BCUT2D eigenvalue weighted by Crippen LogP contribution is 2.27. The summed E-state index contributed by atoms with van der Waals surface area (Å²) in [6, 6.07) is 1.90. The van der Waals surface area contributed by atoms with Crippen LogP contribution in [0, 0.1) is 17.0 Å². The smallest absolute Gasteiger partial charge is 0.314 e. The van der Waals surface area contributed by atoms with Gasteiger partial charge in [0, 0.05) is 17.8 Å². The first-order valence-electron chi connectivity index (χ1n) is 5.70. The predicted molar refractivity (Wildman–Crippen MR) is 66.0 cm³/mol. The minimum absolute atomic E-state index is 0.0852. The Kier molecular flexibility index (Phi) is 3.37. The Labute approximate surface area is 99.7 Å². The SMILES string of the molecule is Cc1ccnc(NC2CC=CCC2)c1[N+](=O)[O-]. The van der Waals surface area contributed by atoms with Crippen LogP contribution < -0.4 is 5.32 Å². The van der Waals surface area contributed by atoms with Crippen LogP contribution in [0.2, 0.25) is 0 Å². The molecule has 17 heavy (non-hydrogen) atoms. The zero-order valence-corrected chi connectivity index (χ0v) is 9.72. The fourth-order valence-electron chi connectivity index (χ4n) is 2.00. The molecule has 0 saturated heterocycles. The van der Waals surface area contributed by atoms with Crippen LogP contribution in [0.25, 0.3) is 0 Å². The van der Waals surface area contributed by atoms with Crippen molar-refractivity contribution in [2.75, 3.05) is 5.32 Å². The average molecular weight is 233 g/mol. The zero-order valence-electron chi connectivity index (χ0n) is 9.72. The maximum atomic E-state index is 11.0. The van der Waals surface area contributed by atoms with Gasteiger partial charge in [0.1, 0.15) is 0 Å². The standard InChI is InChI=1S/C12H15N3O2/c1-9-7-8-13-12(11(9)15(16)17)14-10-5-3-2-4-6-10/h2-3,7-8,10H,4-6H2,1H3,(H,13,14). The first-order chi connectivity index (χ1) is 8.18. The highest BCUT2D eigenvalue weighted by Gasteiger charge is 2.21. The van der Waals surface area contributed by atoms with Gasteiger partial charge in [-0.1, -0.05) is 12.2 Å². The number of pyridine rings is 1. The molecule has 0 radical (unpaired) electrons. The number of rotatable bonds is 3. The molecule has 0 saturated carbocycles. The topological polar surface area (TPSA) is 68.1 Å². The van der Waals surface area contributed by atoms with Gasteiger partial charge in [0.2, 0.25) is 5.82 Å². The van der Waals surface area contributed by atoms with Crippen molar-refractivity contribution < 1.29 is 4.92 Å². The number of aromatic nitrogens is 1. The third-order valence-electron chi connectivity index (χ3n) is 2.92. The second-order valence-electron chi connectivity index (χ2n) is 4.21. The van der Waals surface area contributed by atoms with E-state index in [-0.39, 0.29) is 16.7 Å². The van der Waals surface area contributed by atoms with Gasteiger partial charge in [-0.2, -0.15) is 0 Å². The minimum atomic E-state index is -0.372. The van der Waals surface area contributed by atoms with E-state index in [4.69, 9.17) is 0 Å². The molecule has 0 aromatic carbocycles. The highest BCUT2D eigenvalue weighted by atomic mass is 16.6. The monoisotopic (exact) mass is 233 g/mol. The lowest BCUT2D eigenvalue weighted by Gasteiger charge is -2.19. The Morgan fingerprint density at radius 1 is 1.53 bits per heavy atom. The molecule has 1 N–H and O–H groups in total. The number of allylic oxidation sites excluding steroid dienone is 1. The molecule has 1 aliphatic carbocycles. The maximum Gasteiger partial charge on any atom is 0.314 e. The van der Waals surface area contributed by atoms with Gasteiger partial charge < -0.3 is 5.32 Å². The third-order valence-corrected chi connectivity index (χ3v) is 2.92. The van der Waals surface area contributed by atoms with Crippen molar-refractivity contribution in [3.63, 3.8) is 0 Å². The van der Waals surface area contributed by atoms with E-state index in [0.717, 1.165) is 19.3 Å². The number of anilines is 1. The molecule has 1 atom stereocenters. The first-order valence-corrected chi connectivity index (χ1v) is 5.70. The summed E-state index contributed by atoms with van der Waals surface area (Å²) in [5, 5.41) is 14.2. The van der Waals surface area contributed by atoms with E-state index in [2.05, 4.69) is 22.5 Å². The normalized spacial score (nSPS) is 19.0. The number of nitrogens with one attached hydrogen (secondary N) is 1. The van der Waals surface area contributed by atoms with E-state index >= 15 is 0 Å². The summed E-state index contributed by atoms with van der Waals surface area (Å²) in [7, 11) is 0. The summed E-state index contributed by atoms with van der Waals surface area (Å²) >= 11 is 0. The molecule has 0 bridgehead atoms. The van der Waals surface area contributed by atoms with Gasteiger partial charge in [0.15, 0.2) is 0 Å². The van der Waals surface area contributed by atoms with E-state index in [1.165, 1.54) is 0 Å². The van der Waals surface area contributed by atoms with E-state index in [1.807, 2.05) is 0 Å². The molecule has 5 nitrogen and oxygen atoms in total. The molecule has 0 spiro atoms. The molecule has 1 aliphatic rings. The van der Waals surface area contributed by atoms with Gasteiger partial charge in [0.25, 0.3) is 0 Å². The molecule has 0 aliphatic heterocycles. The van der Waals surface area contributed by atoms with Crippen LogP contribution in [-0.4, -0.2) is 15.9 Å². The van der Waals surface area contributed by atoms with Gasteiger partial charge in [-0.05, 0) is 32.3 Å². The van der Waals surface area contributed by atoms with Crippen molar-refractivity contribution in [1.29, 1.82) is 0 Å². The number of aryl methyl sites for hydroxylation is 1. The summed E-state index contributed by atoms with van der Waals surface area (Å²) in [5.74, 6) is 0.385. The molecule has 1 aromatic rings. The van der Waals surface area contributed by atoms with Gasteiger partial charge in [-0.3, -0.25) is 10.1 Å². The number of hydrogen-bond donors (Lipinski definition) is 1. The number of nitrogens with zero attached hydrogens (tertiary/aromatic N) is 2. The molecule has 1 heterocycles. The number of nitro groups is 1. The molecule has 1 unspecified atom stereocenters. The van der Waals surface area contributed by atoms with Crippen LogP contribution in [0.15, 0.2) is 24.4 Å². The Morgan fingerprint density at radius 2 is 2.35 bits per heavy atom. The van der Waals surface area contributed by atoms with Gasteiger partial charge in [-0.15, -0.1) is 0 Å². The summed E-state index contributed by atoms with van der Waals surface area (Å²) < 4.78 is 0. The fraction of sp³-hybridized carbons (Fsp3) is 0.417. The summed E-state index contributed by atoms with van der Waals surface area (Å²) in [6.07, 6.45) is 8.73. The van der Waals surface area contributed by atoms with Gasteiger partial charge in [-0.25, -0.2) is 4.98 Å². The Balaban J connectivity index is 2.23. The molecule has 0 fully saturated rings. The molecule has 90 valence electrons. The fourth-order valence-corrected chi connectivity index (χ4v) is 2.00. The average Bonchev–Trinajstić information content (AvgIpc) is 2.30. The van der Waals surface area contributed by atoms with Crippen LogP contribution in [-0.2, 0) is 0 Å². The van der Waals surface area contributed by atoms with Crippen molar-refractivity contribution in [1.82, 2.24) is 4.98 Å². The molecular formula is C12H15N3O2. The summed E-state index contributed by atoms with van der Waals surface area (Å²) in [6.45, 7) is 1.73. The van der Waals surface area contributed by atoms with E-state index in [0.29, 0.717) is 11.4 Å². The van der Waals surface area contributed by atoms with Crippen LogP contribution in [0.4, 0.5) is 11.5 Å². The Bertz CT molecular complexity index is 457. The van der Waals surface area contributed by atoms with Crippen LogP contribution in [0.3, 0.4) is 0 Å². The maximum absolute atomic E-state index is 11.0. The second kappa shape index (κ2) is 4.95.